The average Bonchev–Trinajstić information content (AvgIpc) is 3.13. The molecule has 3 amide bonds. The molecular weight excluding hydrogens is 314 g/mol. The number of nitrogens with one attached hydrogen (secondary N) is 2. The van der Waals surface area contributed by atoms with Crippen molar-refractivity contribution in [3.8, 4) is 0 Å². The van der Waals surface area contributed by atoms with E-state index in [0.717, 1.165) is 19.5 Å². The minimum atomic E-state index is -0.0996. The average molecular weight is 337 g/mol. The highest BCUT2D eigenvalue weighted by atomic mass is 16.2. The third-order valence-electron chi connectivity index (χ3n) is 4.47. The molecule has 0 saturated carbocycles. The van der Waals surface area contributed by atoms with Crippen molar-refractivity contribution >= 4 is 23.3 Å². The van der Waals surface area contributed by atoms with Gasteiger partial charge in [-0.05, 0) is 30.2 Å². The molecule has 0 bridgehead atoms. The second-order valence-corrected chi connectivity index (χ2v) is 6.25. The Morgan fingerprint density at radius 2 is 1.76 bits per heavy atom. The topological polar surface area (TPSA) is 61.4 Å². The molecular formula is C20H23N3O2. The van der Waals surface area contributed by atoms with Crippen LogP contribution < -0.4 is 10.6 Å². The summed E-state index contributed by atoms with van der Waals surface area (Å²) in [6.07, 6.45) is 1.40. The molecule has 0 aromatic heterocycles. The number of carbonyl (C=O) groups is 2. The van der Waals surface area contributed by atoms with Crippen LogP contribution in [0.4, 0.5) is 16.2 Å². The quantitative estimate of drug-likeness (QED) is 0.884. The van der Waals surface area contributed by atoms with Crippen molar-refractivity contribution in [2.75, 3.05) is 23.7 Å². The van der Waals surface area contributed by atoms with Crippen molar-refractivity contribution in [1.29, 1.82) is 0 Å². The van der Waals surface area contributed by atoms with Gasteiger partial charge in [0.2, 0.25) is 5.91 Å². The van der Waals surface area contributed by atoms with Crippen molar-refractivity contribution in [3.63, 3.8) is 0 Å². The number of benzene rings is 2. The number of urea groups is 1. The molecule has 1 fully saturated rings. The summed E-state index contributed by atoms with van der Waals surface area (Å²) in [4.78, 5) is 25.8. The van der Waals surface area contributed by atoms with E-state index in [4.69, 9.17) is 0 Å². The standard InChI is InChI=1S/C20H23N3O2/c1-2-19(24)21-17-9-6-10-18(13-17)22-20(25)23-12-11-16(14-23)15-7-4-3-5-8-15/h3-10,13,16H,2,11-12,14H2,1H3,(H,21,24)(H,22,25)/t16-/m1/s1. The molecule has 0 spiro atoms. The van der Waals surface area contributed by atoms with Crippen LogP contribution in [0.2, 0.25) is 0 Å². The van der Waals surface area contributed by atoms with Crippen LogP contribution in [0.5, 0.6) is 0 Å². The Balaban J connectivity index is 1.59. The van der Waals surface area contributed by atoms with Gasteiger partial charge in [-0.15, -0.1) is 0 Å². The normalized spacial score (nSPS) is 16.5. The van der Waals surface area contributed by atoms with Crippen molar-refractivity contribution in [3.05, 3.63) is 60.2 Å². The van der Waals surface area contributed by atoms with Crippen LogP contribution in [-0.2, 0) is 4.79 Å². The van der Waals surface area contributed by atoms with Gasteiger partial charge >= 0.3 is 6.03 Å². The first kappa shape index (κ1) is 17.0. The van der Waals surface area contributed by atoms with Gasteiger partial charge in [0, 0.05) is 36.8 Å². The summed E-state index contributed by atoms with van der Waals surface area (Å²) in [6, 6.07) is 17.4. The summed E-state index contributed by atoms with van der Waals surface area (Å²) < 4.78 is 0. The van der Waals surface area contributed by atoms with Gasteiger partial charge in [0.1, 0.15) is 0 Å². The van der Waals surface area contributed by atoms with Gasteiger partial charge in [0.25, 0.3) is 0 Å². The molecule has 0 radical (unpaired) electrons. The van der Waals surface area contributed by atoms with E-state index < -0.39 is 0 Å². The van der Waals surface area contributed by atoms with E-state index in [2.05, 4.69) is 22.8 Å². The molecule has 1 saturated heterocycles. The number of nitrogens with zero attached hydrogens (tertiary/aromatic N) is 1. The first-order chi connectivity index (χ1) is 12.2. The van der Waals surface area contributed by atoms with E-state index >= 15 is 0 Å². The highest BCUT2D eigenvalue weighted by Gasteiger charge is 2.27. The SMILES string of the molecule is CCC(=O)Nc1cccc(NC(=O)N2CC[C@@H](c3ccccc3)C2)c1. The van der Waals surface area contributed by atoms with Crippen LogP contribution in [0.3, 0.4) is 0 Å². The van der Waals surface area contributed by atoms with Gasteiger partial charge in [0.05, 0.1) is 0 Å². The molecule has 25 heavy (non-hydrogen) atoms. The summed E-state index contributed by atoms with van der Waals surface area (Å²) in [7, 11) is 0. The van der Waals surface area contributed by atoms with E-state index in [9.17, 15) is 9.59 Å². The summed E-state index contributed by atoms with van der Waals surface area (Å²) in [6.45, 7) is 3.28. The third kappa shape index (κ3) is 4.38. The minimum absolute atomic E-state index is 0.0475. The summed E-state index contributed by atoms with van der Waals surface area (Å²) in [5, 5.41) is 5.72. The van der Waals surface area contributed by atoms with Gasteiger partial charge < -0.3 is 15.5 Å². The lowest BCUT2D eigenvalue weighted by atomic mass is 9.99. The second kappa shape index (κ2) is 7.83. The molecule has 1 heterocycles. The predicted molar refractivity (Wildman–Crippen MR) is 99.8 cm³/mol. The molecule has 130 valence electrons. The van der Waals surface area contributed by atoms with E-state index in [1.54, 1.807) is 13.0 Å². The maximum atomic E-state index is 12.5. The van der Waals surface area contributed by atoms with E-state index in [0.29, 0.717) is 23.7 Å². The number of amides is 3. The molecule has 2 N–H and O–H groups in total. The van der Waals surface area contributed by atoms with Crippen molar-refractivity contribution < 1.29 is 9.59 Å². The smallest absolute Gasteiger partial charge is 0.321 e. The van der Waals surface area contributed by atoms with E-state index in [1.807, 2.05) is 41.3 Å². The van der Waals surface area contributed by atoms with Crippen molar-refractivity contribution in [2.45, 2.75) is 25.7 Å². The molecule has 0 aliphatic carbocycles. The molecule has 1 atom stereocenters. The molecule has 3 rings (SSSR count). The van der Waals surface area contributed by atoms with Crippen LogP contribution in [0.15, 0.2) is 54.6 Å². The summed E-state index contributed by atoms with van der Waals surface area (Å²) in [5.74, 6) is 0.343. The van der Waals surface area contributed by atoms with Gasteiger partial charge in [-0.25, -0.2) is 4.79 Å². The van der Waals surface area contributed by atoms with Crippen molar-refractivity contribution in [1.82, 2.24) is 4.90 Å². The zero-order valence-electron chi connectivity index (χ0n) is 14.4. The van der Waals surface area contributed by atoms with E-state index in [-0.39, 0.29) is 11.9 Å². The molecule has 2 aromatic carbocycles. The van der Waals surface area contributed by atoms with Crippen LogP contribution in [0, 0.1) is 0 Å². The zero-order chi connectivity index (χ0) is 17.6. The largest absolute Gasteiger partial charge is 0.326 e. The van der Waals surface area contributed by atoms with Crippen LogP contribution in [-0.4, -0.2) is 29.9 Å². The molecule has 5 nitrogen and oxygen atoms in total. The number of carbonyl (C=O) groups excluding carboxylic acids is 2. The van der Waals surface area contributed by atoms with Gasteiger partial charge in [-0.1, -0.05) is 43.3 Å². The maximum absolute atomic E-state index is 12.5. The fraction of sp³-hybridized carbons (Fsp3) is 0.300. The summed E-state index contributed by atoms with van der Waals surface area (Å²) in [5.41, 5.74) is 2.65. The number of rotatable bonds is 4. The number of anilines is 2. The molecule has 0 unspecified atom stereocenters. The fourth-order valence-electron chi connectivity index (χ4n) is 3.07. The number of likely N-dealkylation sites (tertiary alicyclic amines) is 1. The zero-order valence-corrected chi connectivity index (χ0v) is 14.4. The first-order valence-electron chi connectivity index (χ1n) is 8.66. The van der Waals surface area contributed by atoms with Crippen LogP contribution in [0.25, 0.3) is 0 Å². The lowest BCUT2D eigenvalue weighted by molar-refractivity contribution is -0.115. The Morgan fingerprint density at radius 3 is 2.48 bits per heavy atom. The molecule has 1 aliphatic heterocycles. The highest BCUT2D eigenvalue weighted by molar-refractivity contribution is 5.93. The Bertz CT molecular complexity index is 746. The third-order valence-corrected chi connectivity index (χ3v) is 4.47. The number of hydrogen-bond acceptors (Lipinski definition) is 2. The molecule has 1 aliphatic rings. The lowest BCUT2D eigenvalue weighted by Crippen LogP contribution is -2.32. The van der Waals surface area contributed by atoms with Crippen LogP contribution >= 0.6 is 0 Å². The maximum Gasteiger partial charge on any atom is 0.321 e. The predicted octanol–water partition coefficient (Wildman–Crippen LogP) is 4.06. The lowest BCUT2D eigenvalue weighted by Gasteiger charge is -2.18. The van der Waals surface area contributed by atoms with Gasteiger partial charge in [0.15, 0.2) is 0 Å². The molecule has 5 heteroatoms. The number of hydrogen-bond donors (Lipinski definition) is 2. The Labute approximate surface area is 148 Å². The molecule has 2 aromatic rings. The Morgan fingerprint density at radius 1 is 1.04 bits per heavy atom. The fourth-order valence-corrected chi connectivity index (χ4v) is 3.07. The summed E-state index contributed by atoms with van der Waals surface area (Å²) >= 11 is 0. The highest BCUT2D eigenvalue weighted by Crippen LogP contribution is 2.27. The second-order valence-electron chi connectivity index (χ2n) is 6.25. The van der Waals surface area contributed by atoms with Gasteiger partial charge in [-0.2, -0.15) is 0 Å². The monoisotopic (exact) mass is 337 g/mol. The van der Waals surface area contributed by atoms with Crippen LogP contribution in [0.1, 0.15) is 31.2 Å². The van der Waals surface area contributed by atoms with E-state index in [1.165, 1.54) is 5.56 Å². The van der Waals surface area contributed by atoms with Crippen molar-refractivity contribution in [2.24, 2.45) is 0 Å². The Kier molecular flexibility index (Phi) is 5.33. The Hall–Kier alpha value is -2.82. The minimum Gasteiger partial charge on any atom is -0.326 e. The first-order valence-corrected chi connectivity index (χ1v) is 8.66. The van der Waals surface area contributed by atoms with Gasteiger partial charge in [-0.3, -0.25) is 4.79 Å².